The average molecular weight is 443 g/mol. The molecule has 1 aromatic heterocycles. The molecule has 5 nitrogen and oxygen atoms in total. The highest BCUT2D eigenvalue weighted by Gasteiger charge is 2.11. The lowest BCUT2D eigenvalue weighted by atomic mass is 9.98. The van der Waals surface area contributed by atoms with E-state index in [0.29, 0.717) is 22.7 Å². The minimum Gasteiger partial charge on any atom is -0.461 e. The molecular weight excluding hydrogens is 419 g/mol. The van der Waals surface area contributed by atoms with Gasteiger partial charge in [-0.1, -0.05) is 12.6 Å². The fourth-order valence-electron chi connectivity index (χ4n) is 3.02. The molecule has 32 heavy (non-hydrogen) atoms. The standard InChI is InChI=1S/C24H24FN3O2.F2/c1-16(6-7-18-10-12-27-13-11-18)22-15-20(8-9-23(22)26)28-24(29)19-4-3-5-21(14-19)30-17(2)25;1-2/h3-5,8-15,17H,1,6-7,26H2,2H3,(H,28,29);. The van der Waals surface area contributed by atoms with E-state index < -0.39 is 6.36 Å². The predicted molar refractivity (Wildman–Crippen MR) is 120 cm³/mol. The number of carbonyl (C=O) groups is 1. The Hall–Kier alpha value is -3.81. The topological polar surface area (TPSA) is 77.2 Å². The monoisotopic (exact) mass is 443 g/mol. The Kier molecular flexibility index (Phi) is 9.28. The first-order valence-corrected chi connectivity index (χ1v) is 9.75. The number of nitrogens with two attached hydrogens (primary N) is 1. The van der Waals surface area contributed by atoms with E-state index in [0.717, 1.165) is 24.0 Å². The van der Waals surface area contributed by atoms with Crippen molar-refractivity contribution in [2.75, 3.05) is 11.1 Å². The van der Waals surface area contributed by atoms with Gasteiger partial charge >= 0.3 is 0 Å². The number of amides is 1. The number of allylic oxidation sites excluding steroid dienone is 1. The van der Waals surface area contributed by atoms with Gasteiger partial charge in [0.15, 0.2) is 0 Å². The van der Waals surface area contributed by atoms with Gasteiger partial charge in [0.25, 0.3) is 5.91 Å². The summed E-state index contributed by atoms with van der Waals surface area (Å²) in [6.45, 7) is 5.44. The van der Waals surface area contributed by atoms with Crippen molar-refractivity contribution in [3.63, 3.8) is 0 Å². The maximum Gasteiger partial charge on any atom is 0.255 e. The van der Waals surface area contributed by atoms with Crippen LogP contribution in [0.15, 0.2) is 73.6 Å². The molecular formula is C24H24F3N3O2. The Bertz CT molecular complexity index is 1040. The van der Waals surface area contributed by atoms with E-state index in [1.165, 1.54) is 18.6 Å². The van der Waals surface area contributed by atoms with Crippen molar-refractivity contribution in [2.24, 2.45) is 0 Å². The third-order valence-electron chi connectivity index (χ3n) is 4.55. The van der Waals surface area contributed by atoms with Gasteiger partial charge in [-0.15, -0.1) is 0 Å². The van der Waals surface area contributed by atoms with Crippen LogP contribution >= 0.6 is 0 Å². The third-order valence-corrected chi connectivity index (χ3v) is 4.55. The predicted octanol–water partition coefficient (Wildman–Crippen LogP) is 6.10. The van der Waals surface area contributed by atoms with Crippen molar-refractivity contribution in [3.8, 4) is 5.75 Å². The molecule has 0 aliphatic carbocycles. The number of aryl methyl sites for hydroxylation is 1. The number of alkyl halides is 1. The van der Waals surface area contributed by atoms with Gasteiger partial charge in [-0.3, -0.25) is 9.78 Å². The van der Waals surface area contributed by atoms with Crippen LogP contribution in [0, 0.1) is 0 Å². The number of rotatable bonds is 8. The summed E-state index contributed by atoms with van der Waals surface area (Å²) in [5.41, 5.74) is 10.5. The van der Waals surface area contributed by atoms with E-state index in [1.807, 2.05) is 18.2 Å². The van der Waals surface area contributed by atoms with E-state index in [2.05, 4.69) is 16.9 Å². The van der Waals surface area contributed by atoms with Gasteiger partial charge in [-0.05, 0) is 72.5 Å². The molecule has 0 aliphatic rings. The highest BCUT2D eigenvalue weighted by Crippen LogP contribution is 2.28. The summed E-state index contributed by atoms with van der Waals surface area (Å²) in [5, 5.41) is 2.84. The second-order valence-electron chi connectivity index (χ2n) is 6.90. The van der Waals surface area contributed by atoms with E-state index in [-0.39, 0.29) is 5.91 Å². The van der Waals surface area contributed by atoms with Crippen LogP contribution in [-0.2, 0) is 6.42 Å². The summed E-state index contributed by atoms with van der Waals surface area (Å²) in [7, 11) is 0. The molecule has 8 heteroatoms. The molecule has 0 fully saturated rings. The number of nitrogens with one attached hydrogen (secondary N) is 1. The Morgan fingerprint density at radius 3 is 2.56 bits per heavy atom. The maximum atomic E-state index is 13.0. The third kappa shape index (κ3) is 7.16. The molecule has 2 aromatic carbocycles. The van der Waals surface area contributed by atoms with Crippen molar-refractivity contribution >= 4 is 22.9 Å². The number of ether oxygens (including phenoxy) is 1. The van der Waals surface area contributed by atoms with Crippen LogP contribution in [0.4, 0.5) is 24.9 Å². The minimum absolute atomic E-state index is 0.292. The number of anilines is 2. The molecule has 1 heterocycles. The molecule has 1 unspecified atom stereocenters. The van der Waals surface area contributed by atoms with Crippen molar-refractivity contribution < 1.29 is 23.1 Å². The van der Waals surface area contributed by atoms with Crippen molar-refractivity contribution in [2.45, 2.75) is 26.1 Å². The number of hydrogen-bond donors (Lipinski definition) is 2. The number of aromatic nitrogens is 1. The summed E-state index contributed by atoms with van der Waals surface area (Å²) in [6.07, 6.45) is 3.61. The fraction of sp³-hybridized carbons (Fsp3) is 0.167. The van der Waals surface area contributed by atoms with Crippen molar-refractivity contribution in [3.05, 3.63) is 90.3 Å². The molecule has 0 saturated carbocycles. The molecule has 3 aromatic rings. The molecule has 168 valence electrons. The number of carbonyl (C=O) groups excluding carboxylic acids is 1. The van der Waals surface area contributed by atoms with Gasteiger partial charge in [0.05, 0.1) is 0 Å². The number of hydrogen-bond acceptors (Lipinski definition) is 4. The molecule has 0 aliphatic heterocycles. The van der Waals surface area contributed by atoms with E-state index in [9.17, 15) is 9.18 Å². The average Bonchev–Trinajstić information content (AvgIpc) is 2.80. The zero-order valence-corrected chi connectivity index (χ0v) is 17.5. The largest absolute Gasteiger partial charge is 0.461 e. The first-order valence-electron chi connectivity index (χ1n) is 9.75. The SMILES string of the molecule is C=C(CCc1ccncc1)c1cc(NC(=O)c2cccc(OC(C)F)c2)ccc1N.FF. The van der Waals surface area contributed by atoms with Gasteiger partial charge in [0, 0.05) is 51.0 Å². The first-order chi connectivity index (χ1) is 15.4. The van der Waals surface area contributed by atoms with Crippen LogP contribution in [0.5, 0.6) is 5.75 Å². The zero-order valence-electron chi connectivity index (χ0n) is 17.5. The number of nitrogen functional groups attached to an aromatic ring is 1. The number of nitrogens with zero attached hydrogens (tertiary/aromatic N) is 1. The summed E-state index contributed by atoms with van der Waals surface area (Å²) in [5.74, 6) is -0.0368. The maximum absolute atomic E-state index is 13.0. The molecule has 0 spiro atoms. The normalized spacial score (nSPS) is 11.0. The molecule has 0 radical (unpaired) electrons. The van der Waals surface area contributed by atoms with E-state index in [4.69, 9.17) is 19.6 Å². The molecule has 0 bridgehead atoms. The number of benzene rings is 2. The molecule has 1 amide bonds. The molecule has 0 saturated heterocycles. The lowest BCUT2D eigenvalue weighted by molar-refractivity contribution is 0.0855. The van der Waals surface area contributed by atoms with Gasteiger partial charge in [0.1, 0.15) is 5.75 Å². The van der Waals surface area contributed by atoms with Crippen LogP contribution in [0.3, 0.4) is 0 Å². The second-order valence-corrected chi connectivity index (χ2v) is 6.90. The van der Waals surface area contributed by atoms with Gasteiger partial charge in [-0.2, -0.15) is 0 Å². The fourth-order valence-corrected chi connectivity index (χ4v) is 3.02. The second kappa shape index (κ2) is 12.1. The zero-order chi connectivity index (χ0) is 23.5. The quantitative estimate of drug-likeness (QED) is 0.413. The minimum atomic E-state index is -1.46. The van der Waals surface area contributed by atoms with Crippen molar-refractivity contribution in [1.29, 1.82) is 0 Å². The highest BCUT2D eigenvalue weighted by atomic mass is 20.0. The lowest BCUT2D eigenvalue weighted by Crippen LogP contribution is -2.13. The summed E-state index contributed by atoms with van der Waals surface area (Å²) in [4.78, 5) is 16.6. The number of pyridine rings is 1. The number of halogens is 3. The van der Waals surface area contributed by atoms with Crippen LogP contribution < -0.4 is 15.8 Å². The highest BCUT2D eigenvalue weighted by molar-refractivity contribution is 6.04. The van der Waals surface area contributed by atoms with Crippen LogP contribution in [0.2, 0.25) is 0 Å². The van der Waals surface area contributed by atoms with Gasteiger partial charge in [-0.25, -0.2) is 4.39 Å². The van der Waals surface area contributed by atoms with Gasteiger partial charge < -0.3 is 15.8 Å². The smallest absolute Gasteiger partial charge is 0.255 e. The van der Waals surface area contributed by atoms with Crippen LogP contribution in [0.25, 0.3) is 5.57 Å². The summed E-state index contributed by atoms with van der Waals surface area (Å²) in [6, 6.07) is 15.6. The Labute approximate surface area is 184 Å². The Morgan fingerprint density at radius 1 is 1.16 bits per heavy atom. The Balaban J connectivity index is 0.00000176. The molecule has 3 N–H and O–H groups in total. The summed E-state index contributed by atoms with van der Waals surface area (Å²) < 4.78 is 34.1. The summed E-state index contributed by atoms with van der Waals surface area (Å²) >= 11 is 0. The molecule has 3 rings (SSSR count). The van der Waals surface area contributed by atoms with Crippen molar-refractivity contribution in [1.82, 2.24) is 4.98 Å². The van der Waals surface area contributed by atoms with Crippen LogP contribution in [-0.4, -0.2) is 17.2 Å². The Morgan fingerprint density at radius 2 is 1.88 bits per heavy atom. The molecule has 1 atom stereocenters. The van der Waals surface area contributed by atoms with E-state index >= 15 is 0 Å². The first kappa shape index (κ1) is 24.5. The van der Waals surface area contributed by atoms with Crippen LogP contribution in [0.1, 0.15) is 34.8 Å². The lowest BCUT2D eigenvalue weighted by Gasteiger charge is -2.13. The van der Waals surface area contributed by atoms with E-state index in [1.54, 1.807) is 42.7 Å². The van der Waals surface area contributed by atoms with Gasteiger partial charge in [0.2, 0.25) is 6.36 Å².